The highest BCUT2D eigenvalue weighted by atomic mass is 16.3. The van der Waals surface area contributed by atoms with E-state index in [0.717, 1.165) is 101 Å². The maximum Gasteiger partial charge on any atom is 0.167 e. The fourth-order valence-corrected chi connectivity index (χ4v) is 10.5. The van der Waals surface area contributed by atoms with E-state index in [4.69, 9.17) is 28.2 Å². The average molecular weight is 822 g/mol. The second kappa shape index (κ2) is 13.6. The zero-order chi connectivity index (χ0) is 41.9. The van der Waals surface area contributed by atoms with Crippen LogP contribution in [-0.2, 0) is 6.42 Å². The summed E-state index contributed by atoms with van der Waals surface area (Å²) in [5.41, 5.74) is 13.4. The number of benzene rings is 9. The minimum absolute atomic E-state index is 0.000972. The van der Waals surface area contributed by atoms with Crippen molar-refractivity contribution in [3.05, 3.63) is 199 Å². The predicted octanol–water partition coefficient (Wildman–Crippen LogP) is 15.5. The van der Waals surface area contributed by atoms with E-state index in [-0.39, 0.29) is 5.92 Å². The first-order valence-electron chi connectivity index (χ1n) is 21.8. The molecule has 14 rings (SSSR count). The van der Waals surface area contributed by atoms with Gasteiger partial charge in [0.05, 0.1) is 11.1 Å². The van der Waals surface area contributed by atoms with Gasteiger partial charge in [-0.2, -0.15) is 0 Å². The fourth-order valence-electron chi connectivity index (χ4n) is 10.5. The molecule has 1 atom stereocenters. The van der Waals surface area contributed by atoms with Crippen LogP contribution in [0.1, 0.15) is 29.0 Å². The van der Waals surface area contributed by atoms with E-state index in [1.807, 2.05) is 60.7 Å². The Bertz CT molecular complexity index is 3930. The molecule has 13 aromatic rings. The normalized spacial score (nSPS) is 14.0. The summed E-state index contributed by atoms with van der Waals surface area (Å²) in [6.45, 7) is 0. The Morgan fingerprint density at radius 1 is 0.375 bits per heavy atom. The lowest BCUT2D eigenvalue weighted by Crippen LogP contribution is -2.07. The van der Waals surface area contributed by atoms with Crippen LogP contribution in [-0.4, -0.2) is 15.0 Å². The van der Waals surface area contributed by atoms with Crippen LogP contribution >= 0.6 is 0 Å². The number of rotatable bonds is 4. The molecule has 4 aromatic heterocycles. The van der Waals surface area contributed by atoms with E-state index in [0.29, 0.717) is 17.5 Å². The van der Waals surface area contributed by atoms with Gasteiger partial charge in [0.25, 0.3) is 0 Å². The van der Waals surface area contributed by atoms with Crippen molar-refractivity contribution < 1.29 is 13.3 Å². The molecule has 4 heterocycles. The molecule has 0 spiro atoms. The molecule has 1 aliphatic rings. The first-order chi connectivity index (χ1) is 31.7. The Hall–Kier alpha value is -8.35. The van der Waals surface area contributed by atoms with E-state index in [9.17, 15) is 0 Å². The summed E-state index contributed by atoms with van der Waals surface area (Å²) in [4.78, 5) is 16.4. The van der Waals surface area contributed by atoms with E-state index in [1.165, 1.54) is 33.0 Å². The number of nitrogens with zero attached hydrogens (tertiary/aromatic N) is 3. The van der Waals surface area contributed by atoms with Gasteiger partial charge in [0.2, 0.25) is 0 Å². The number of para-hydroxylation sites is 5. The van der Waals surface area contributed by atoms with Gasteiger partial charge in [-0.15, -0.1) is 0 Å². The van der Waals surface area contributed by atoms with Gasteiger partial charge in [0, 0.05) is 43.8 Å². The standard InChI is InChI=1S/C58H35N3O3/c1-2-14-34-32-47-35(31-33(34)13-1)27-28-38(36-15-3-4-16-37(36)47)41-29-30-51-52(44-19-7-10-26-50(44)62-51)53(41)58-60-56(45-22-11-20-42-39-17-5-8-24-48(39)63-54(42)45)59-57(61-58)46-23-12-21-43-40-18-6-9-25-49(40)64-55(43)46/h1-26,29-32,38H,27-28H2. The number of hydrogen-bond donors (Lipinski definition) is 0. The summed E-state index contributed by atoms with van der Waals surface area (Å²) in [5.74, 6) is 1.57. The van der Waals surface area contributed by atoms with Crippen molar-refractivity contribution in [3.8, 4) is 45.3 Å². The van der Waals surface area contributed by atoms with Gasteiger partial charge in [-0.3, -0.25) is 0 Å². The van der Waals surface area contributed by atoms with Crippen LogP contribution in [0.25, 0.3) is 122 Å². The molecule has 0 radical (unpaired) electrons. The summed E-state index contributed by atoms with van der Waals surface area (Å²) < 4.78 is 20.0. The van der Waals surface area contributed by atoms with E-state index in [1.54, 1.807) is 0 Å². The molecule has 6 nitrogen and oxygen atoms in total. The molecule has 0 amide bonds. The third kappa shape index (κ3) is 5.23. The van der Waals surface area contributed by atoms with Gasteiger partial charge in [-0.25, -0.2) is 15.0 Å². The smallest absolute Gasteiger partial charge is 0.167 e. The van der Waals surface area contributed by atoms with Crippen molar-refractivity contribution in [2.45, 2.75) is 18.8 Å². The minimum Gasteiger partial charge on any atom is -0.456 e. The van der Waals surface area contributed by atoms with Crippen molar-refractivity contribution >= 4 is 76.6 Å². The SMILES string of the molecule is c1ccc2c(c1)-c1cc3ccccc3cc1CCC2c1ccc2oc3ccccc3c2c1-c1nc(-c2cccc3c2oc2ccccc23)nc(-c2cccc3c2oc2ccccc23)n1. The molecular weight excluding hydrogens is 787 g/mol. The highest BCUT2D eigenvalue weighted by Crippen LogP contribution is 2.48. The number of aryl methyl sites for hydroxylation is 1. The summed E-state index contributed by atoms with van der Waals surface area (Å²) in [5, 5.41) is 8.57. The van der Waals surface area contributed by atoms with Crippen LogP contribution in [0.15, 0.2) is 195 Å². The third-order valence-electron chi connectivity index (χ3n) is 13.4. The van der Waals surface area contributed by atoms with Gasteiger partial charge in [0.15, 0.2) is 17.5 Å². The molecule has 0 aliphatic heterocycles. The van der Waals surface area contributed by atoms with Crippen molar-refractivity contribution in [2.24, 2.45) is 0 Å². The quantitative estimate of drug-likeness (QED) is 0.176. The highest BCUT2D eigenvalue weighted by molar-refractivity contribution is 6.14. The highest BCUT2D eigenvalue weighted by Gasteiger charge is 2.30. The zero-order valence-corrected chi connectivity index (χ0v) is 34.4. The third-order valence-corrected chi connectivity index (χ3v) is 13.4. The van der Waals surface area contributed by atoms with Crippen molar-refractivity contribution in [1.29, 1.82) is 0 Å². The molecule has 64 heavy (non-hydrogen) atoms. The lowest BCUT2D eigenvalue weighted by atomic mass is 9.82. The number of aromatic nitrogens is 3. The average Bonchev–Trinajstić information content (AvgIpc) is 4.02. The zero-order valence-electron chi connectivity index (χ0n) is 34.4. The first kappa shape index (κ1) is 35.3. The molecule has 300 valence electrons. The van der Waals surface area contributed by atoms with Crippen LogP contribution in [0, 0.1) is 0 Å². The maximum absolute atomic E-state index is 6.66. The van der Waals surface area contributed by atoms with Crippen molar-refractivity contribution in [2.75, 3.05) is 0 Å². The number of furan rings is 3. The fraction of sp³-hybridized carbons (Fsp3) is 0.0517. The lowest BCUT2D eigenvalue weighted by molar-refractivity contribution is 0.667. The van der Waals surface area contributed by atoms with Gasteiger partial charge in [-0.05, 0) is 93.9 Å². The lowest BCUT2D eigenvalue weighted by Gasteiger charge is -2.22. The Labute approximate surface area is 366 Å². The van der Waals surface area contributed by atoms with Gasteiger partial charge in [0.1, 0.15) is 33.5 Å². The van der Waals surface area contributed by atoms with Crippen LogP contribution in [0.3, 0.4) is 0 Å². The monoisotopic (exact) mass is 821 g/mol. The molecule has 0 N–H and O–H groups in total. The Balaban J connectivity index is 1.08. The molecule has 0 bridgehead atoms. The van der Waals surface area contributed by atoms with Gasteiger partial charge in [-0.1, -0.05) is 140 Å². The van der Waals surface area contributed by atoms with Crippen molar-refractivity contribution in [3.63, 3.8) is 0 Å². The van der Waals surface area contributed by atoms with Crippen LogP contribution in [0.4, 0.5) is 0 Å². The molecule has 1 unspecified atom stereocenters. The summed E-state index contributed by atoms with van der Waals surface area (Å²) in [6.07, 6.45) is 1.79. The topological polar surface area (TPSA) is 78.1 Å². The molecule has 0 saturated heterocycles. The van der Waals surface area contributed by atoms with Crippen molar-refractivity contribution in [1.82, 2.24) is 15.0 Å². The summed E-state index contributed by atoms with van der Waals surface area (Å²) in [7, 11) is 0. The van der Waals surface area contributed by atoms with Gasteiger partial charge < -0.3 is 13.3 Å². The van der Waals surface area contributed by atoms with E-state index < -0.39 is 0 Å². The Morgan fingerprint density at radius 2 is 0.906 bits per heavy atom. The second-order valence-corrected chi connectivity index (χ2v) is 16.9. The maximum atomic E-state index is 6.66. The molecule has 1 aliphatic carbocycles. The second-order valence-electron chi connectivity index (χ2n) is 16.9. The van der Waals surface area contributed by atoms with E-state index in [2.05, 4.69) is 121 Å². The molecule has 0 saturated carbocycles. The van der Waals surface area contributed by atoms with Gasteiger partial charge >= 0.3 is 0 Å². The molecule has 6 heteroatoms. The Kier molecular flexibility index (Phi) is 7.48. The summed E-state index contributed by atoms with van der Waals surface area (Å²) >= 11 is 0. The first-order valence-corrected chi connectivity index (χ1v) is 21.8. The number of hydrogen-bond acceptors (Lipinski definition) is 6. The Morgan fingerprint density at radius 3 is 1.59 bits per heavy atom. The summed E-state index contributed by atoms with van der Waals surface area (Å²) in [6, 6.07) is 63.7. The van der Waals surface area contributed by atoms with Crippen LogP contribution in [0.5, 0.6) is 0 Å². The minimum atomic E-state index is 0.000972. The molecule has 9 aromatic carbocycles. The van der Waals surface area contributed by atoms with Crippen LogP contribution in [0.2, 0.25) is 0 Å². The van der Waals surface area contributed by atoms with E-state index >= 15 is 0 Å². The molecular formula is C58H35N3O3. The predicted molar refractivity (Wildman–Crippen MR) is 258 cm³/mol. The van der Waals surface area contributed by atoms with Crippen LogP contribution < -0.4 is 0 Å². The largest absolute Gasteiger partial charge is 0.456 e. The molecule has 0 fully saturated rings. The number of fused-ring (bicyclic) bond motifs is 13.